The number of fused-ring (bicyclic) bond motifs is 2. The lowest BCUT2D eigenvalue weighted by atomic mass is 9.82. The second kappa shape index (κ2) is 1.99. The van der Waals surface area contributed by atoms with Crippen LogP contribution >= 0.6 is 0 Å². The third kappa shape index (κ3) is 0.798. The van der Waals surface area contributed by atoms with Crippen LogP contribution in [0.1, 0.15) is 26.7 Å². The molecular weight excluding hydrogens is 140 g/mol. The van der Waals surface area contributed by atoms with Crippen molar-refractivity contribution < 1.29 is 10.2 Å². The lowest BCUT2D eigenvalue weighted by Gasteiger charge is -2.24. The molecule has 2 aliphatic rings. The van der Waals surface area contributed by atoms with Gasteiger partial charge in [0, 0.05) is 0 Å². The van der Waals surface area contributed by atoms with Crippen LogP contribution in [0, 0.1) is 17.3 Å². The van der Waals surface area contributed by atoms with Gasteiger partial charge in [-0.25, -0.2) is 0 Å². The first-order chi connectivity index (χ1) is 5.03. The van der Waals surface area contributed by atoms with E-state index in [0.717, 1.165) is 12.8 Å². The molecule has 2 rings (SSSR count). The van der Waals surface area contributed by atoms with Gasteiger partial charge in [-0.1, -0.05) is 13.8 Å². The largest absolute Gasteiger partial charge is 0.393 e. The van der Waals surface area contributed by atoms with Crippen LogP contribution in [-0.4, -0.2) is 22.4 Å². The predicted molar refractivity (Wildman–Crippen MR) is 42.0 cm³/mol. The van der Waals surface area contributed by atoms with Crippen molar-refractivity contribution in [3.05, 3.63) is 0 Å². The highest BCUT2D eigenvalue weighted by Crippen LogP contribution is 2.57. The zero-order chi connectivity index (χ0) is 8.22. The van der Waals surface area contributed by atoms with E-state index in [2.05, 4.69) is 13.8 Å². The summed E-state index contributed by atoms with van der Waals surface area (Å²) >= 11 is 0. The van der Waals surface area contributed by atoms with E-state index in [-0.39, 0.29) is 17.6 Å². The third-order valence-electron chi connectivity index (χ3n) is 3.83. The molecule has 2 nitrogen and oxygen atoms in total. The van der Waals surface area contributed by atoms with E-state index in [1.54, 1.807) is 0 Å². The summed E-state index contributed by atoms with van der Waals surface area (Å²) in [6.07, 6.45) is 1.30. The van der Waals surface area contributed by atoms with E-state index in [0.29, 0.717) is 11.8 Å². The standard InChI is InChI=1S/C9H16O2/c1-9(2)5-3-7(10)6(9)4-8(5)11/h5-8,10-11H,3-4H2,1-2H3/t5?,6?,7-,8+. The summed E-state index contributed by atoms with van der Waals surface area (Å²) in [4.78, 5) is 0. The van der Waals surface area contributed by atoms with Gasteiger partial charge in [0.1, 0.15) is 0 Å². The molecule has 2 saturated carbocycles. The minimum absolute atomic E-state index is 0.154. The predicted octanol–water partition coefficient (Wildman–Crippen LogP) is 0.774. The van der Waals surface area contributed by atoms with Gasteiger partial charge < -0.3 is 10.2 Å². The molecule has 2 fully saturated rings. The topological polar surface area (TPSA) is 40.5 Å². The molecule has 0 aromatic rings. The molecule has 0 aromatic heterocycles. The van der Waals surface area contributed by atoms with Gasteiger partial charge in [-0.2, -0.15) is 0 Å². The van der Waals surface area contributed by atoms with Crippen molar-refractivity contribution in [1.82, 2.24) is 0 Å². The van der Waals surface area contributed by atoms with Crippen LogP contribution < -0.4 is 0 Å². The Balaban J connectivity index is 2.28. The van der Waals surface area contributed by atoms with Crippen molar-refractivity contribution in [2.45, 2.75) is 38.9 Å². The molecule has 4 atom stereocenters. The average Bonchev–Trinajstić information content (AvgIpc) is 2.21. The van der Waals surface area contributed by atoms with Crippen molar-refractivity contribution in [3.8, 4) is 0 Å². The van der Waals surface area contributed by atoms with Gasteiger partial charge in [0.05, 0.1) is 12.2 Å². The third-order valence-corrected chi connectivity index (χ3v) is 3.83. The molecule has 2 bridgehead atoms. The summed E-state index contributed by atoms with van der Waals surface area (Å²) in [6, 6.07) is 0. The molecule has 2 heteroatoms. The second-order valence-corrected chi connectivity index (χ2v) is 4.64. The van der Waals surface area contributed by atoms with Gasteiger partial charge in [-0.3, -0.25) is 0 Å². The van der Waals surface area contributed by atoms with Crippen LogP contribution in [0.5, 0.6) is 0 Å². The summed E-state index contributed by atoms with van der Waals surface area (Å²) in [5.74, 6) is 0.671. The Hall–Kier alpha value is -0.0800. The van der Waals surface area contributed by atoms with Crippen LogP contribution in [0.3, 0.4) is 0 Å². The van der Waals surface area contributed by atoms with Crippen LogP contribution in [0.15, 0.2) is 0 Å². The summed E-state index contributed by atoms with van der Waals surface area (Å²) in [5.41, 5.74) is 0.166. The first-order valence-electron chi connectivity index (χ1n) is 4.39. The molecule has 2 N–H and O–H groups in total. The Morgan fingerprint density at radius 3 is 1.55 bits per heavy atom. The fourth-order valence-electron chi connectivity index (χ4n) is 3.04. The first-order valence-corrected chi connectivity index (χ1v) is 4.39. The number of rotatable bonds is 0. The molecule has 0 aliphatic heterocycles. The fraction of sp³-hybridized carbons (Fsp3) is 1.00. The quantitative estimate of drug-likeness (QED) is 0.544. The van der Waals surface area contributed by atoms with Crippen molar-refractivity contribution in [2.75, 3.05) is 0 Å². The average molecular weight is 156 g/mol. The Morgan fingerprint density at radius 2 is 1.36 bits per heavy atom. The van der Waals surface area contributed by atoms with E-state index in [4.69, 9.17) is 0 Å². The molecule has 64 valence electrons. The smallest absolute Gasteiger partial charge is 0.0578 e. The Labute approximate surface area is 67.2 Å². The molecule has 2 aliphatic carbocycles. The summed E-state index contributed by atoms with van der Waals surface area (Å²) in [6.45, 7) is 4.32. The molecule has 11 heavy (non-hydrogen) atoms. The van der Waals surface area contributed by atoms with Gasteiger partial charge in [-0.15, -0.1) is 0 Å². The molecule has 0 aromatic carbocycles. The van der Waals surface area contributed by atoms with E-state index in [1.165, 1.54) is 0 Å². The van der Waals surface area contributed by atoms with Crippen molar-refractivity contribution in [2.24, 2.45) is 17.3 Å². The summed E-state index contributed by atoms with van der Waals surface area (Å²) in [5, 5.41) is 19.1. The number of aliphatic hydroxyl groups is 2. The highest BCUT2D eigenvalue weighted by atomic mass is 16.3. The maximum Gasteiger partial charge on any atom is 0.0578 e. The van der Waals surface area contributed by atoms with Gasteiger partial charge in [0.25, 0.3) is 0 Å². The molecule has 0 spiro atoms. The second-order valence-electron chi connectivity index (χ2n) is 4.64. The molecular formula is C9H16O2. The zero-order valence-electron chi connectivity index (χ0n) is 7.12. The van der Waals surface area contributed by atoms with Crippen LogP contribution in [0.4, 0.5) is 0 Å². The maximum atomic E-state index is 9.56. The molecule has 2 unspecified atom stereocenters. The summed E-state index contributed by atoms with van der Waals surface area (Å²) < 4.78 is 0. The van der Waals surface area contributed by atoms with Crippen molar-refractivity contribution in [3.63, 3.8) is 0 Å². The lowest BCUT2D eigenvalue weighted by Crippen LogP contribution is -2.24. The molecule has 0 radical (unpaired) electrons. The number of hydrogen-bond acceptors (Lipinski definition) is 2. The van der Waals surface area contributed by atoms with Crippen molar-refractivity contribution >= 4 is 0 Å². The van der Waals surface area contributed by atoms with Crippen LogP contribution in [-0.2, 0) is 0 Å². The first kappa shape index (κ1) is 7.56. The normalized spacial score (nSPS) is 53.5. The maximum absolute atomic E-state index is 9.56. The highest BCUT2D eigenvalue weighted by Gasteiger charge is 2.57. The zero-order valence-corrected chi connectivity index (χ0v) is 7.12. The minimum atomic E-state index is -0.154. The monoisotopic (exact) mass is 156 g/mol. The van der Waals surface area contributed by atoms with Crippen molar-refractivity contribution in [1.29, 1.82) is 0 Å². The lowest BCUT2D eigenvalue weighted by molar-refractivity contribution is 0.0447. The van der Waals surface area contributed by atoms with Gasteiger partial charge in [0.2, 0.25) is 0 Å². The van der Waals surface area contributed by atoms with E-state index >= 15 is 0 Å². The minimum Gasteiger partial charge on any atom is -0.393 e. The molecule has 0 amide bonds. The Bertz CT molecular complexity index is 158. The fourth-order valence-corrected chi connectivity index (χ4v) is 3.04. The molecule has 0 heterocycles. The number of hydrogen-bond donors (Lipinski definition) is 2. The Morgan fingerprint density at radius 1 is 1.00 bits per heavy atom. The van der Waals surface area contributed by atoms with Gasteiger partial charge in [0.15, 0.2) is 0 Å². The van der Waals surface area contributed by atoms with Gasteiger partial charge in [-0.05, 0) is 30.1 Å². The Kier molecular flexibility index (Phi) is 1.37. The van der Waals surface area contributed by atoms with E-state index in [1.807, 2.05) is 0 Å². The highest BCUT2D eigenvalue weighted by molar-refractivity contribution is 5.06. The molecule has 0 saturated heterocycles. The van der Waals surface area contributed by atoms with Crippen LogP contribution in [0.2, 0.25) is 0 Å². The number of aliphatic hydroxyl groups excluding tert-OH is 2. The summed E-state index contributed by atoms with van der Waals surface area (Å²) in [7, 11) is 0. The SMILES string of the molecule is CC1(C)C2C[C@H](O)C1C[C@H]2O. The van der Waals surface area contributed by atoms with Crippen LogP contribution in [0.25, 0.3) is 0 Å². The van der Waals surface area contributed by atoms with E-state index < -0.39 is 0 Å². The van der Waals surface area contributed by atoms with E-state index in [9.17, 15) is 10.2 Å². The van der Waals surface area contributed by atoms with Gasteiger partial charge >= 0.3 is 0 Å².